The van der Waals surface area contributed by atoms with Crippen LogP contribution in [-0.2, 0) is 18.4 Å². The molecule has 5 heteroatoms. The minimum Gasteiger partial charge on any atom is -0.350 e. The van der Waals surface area contributed by atoms with Gasteiger partial charge in [0.1, 0.15) is 0 Å². The van der Waals surface area contributed by atoms with Crippen LogP contribution in [0.25, 0.3) is 0 Å². The number of nitrogens with one attached hydrogen (secondary N) is 1. The van der Waals surface area contributed by atoms with E-state index >= 15 is 0 Å². The van der Waals surface area contributed by atoms with E-state index in [0.29, 0.717) is 12.0 Å². The van der Waals surface area contributed by atoms with E-state index in [1.54, 1.807) is 6.20 Å². The second-order valence-corrected chi connectivity index (χ2v) is 8.79. The molecule has 120 valence electrons. The highest BCUT2D eigenvalue weighted by Gasteiger charge is 2.51. The summed E-state index contributed by atoms with van der Waals surface area (Å²) in [6.45, 7) is 0.558. The normalized spacial score (nSPS) is 35.8. The molecule has 0 aromatic carbocycles. The summed E-state index contributed by atoms with van der Waals surface area (Å²) in [5, 5.41) is 7.30. The molecule has 1 heterocycles. The van der Waals surface area contributed by atoms with E-state index in [2.05, 4.69) is 26.3 Å². The molecule has 0 unspecified atom stereocenters. The highest BCUT2D eigenvalue weighted by Crippen LogP contribution is 2.61. The topological polar surface area (TPSA) is 46.9 Å². The first kappa shape index (κ1) is 14.7. The van der Waals surface area contributed by atoms with Gasteiger partial charge in [-0.15, -0.1) is 0 Å². The van der Waals surface area contributed by atoms with Gasteiger partial charge >= 0.3 is 0 Å². The Morgan fingerprint density at radius 2 is 1.91 bits per heavy atom. The van der Waals surface area contributed by atoms with Crippen molar-refractivity contribution in [2.75, 3.05) is 0 Å². The van der Waals surface area contributed by atoms with Gasteiger partial charge in [0.15, 0.2) is 0 Å². The van der Waals surface area contributed by atoms with Crippen LogP contribution in [0.15, 0.2) is 10.7 Å². The molecule has 0 radical (unpaired) electrons. The Hall–Kier alpha value is -0.840. The minimum absolute atomic E-state index is 0.218. The number of aryl methyl sites for hydroxylation is 1. The lowest BCUT2D eigenvalue weighted by molar-refractivity contribution is -0.129. The van der Waals surface area contributed by atoms with Crippen LogP contribution >= 0.6 is 15.9 Å². The fraction of sp³-hybridized carbons (Fsp3) is 0.765. The first-order chi connectivity index (χ1) is 10.5. The zero-order valence-electron chi connectivity index (χ0n) is 13.1. The SMILES string of the molecule is Cn1ncc(Br)c1CNC(=O)CC12CC3CC(CC(C3)C1)C2. The molecule has 0 spiro atoms. The second-order valence-electron chi connectivity index (χ2n) is 7.93. The highest BCUT2D eigenvalue weighted by atomic mass is 79.9. The predicted molar refractivity (Wildman–Crippen MR) is 88.0 cm³/mol. The van der Waals surface area contributed by atoms with Crippen LogP contribution in [0.1, 0.15) is 50.6 Å². The number of carbonyl (C=O) groups excluding carboxylic acids is 1. The Morgan fingerprint density at radius 1 is 1.32 bits per heavy atom. The van der Waals surface area contributed by atoms with Crippen molar-refractivity contribution in [2.24, 2.45) is 30.2 Å². The molecule has 0 atom stereocenters. The molecule has 4 bridgehead atoms. The fourth-order valence-electron chi connectivity index (χ4n) is 5.73. The molecule has 22 heavy (non-hydrogen) atoms. The van der Waals surface area contributed by atoms with Crippen LogP contribution in [0.4, 0.5) is 0 Å². The lowest BCUT2D eigenvalue weighted by Crippen LogP contribution is -2.48. The molecule has 1 amide bonds. The van der Waals surface area contributed by atoms with E-state index in [1.165, 1.54) is 38.5 Å². The van der Waals surface area contributed by atoms with Gasteiger partial charge in [0.05, 0.1) is 22.9 Å². The van der Waals surface area contributed by atoms with Crippen molar-refractivity contribution < 1.29 is 4.79 Å². The summed E-state index contributed by atoms with van der Waals surface area (Å²) in [5.74, 6) is 2.94. The first-order valence-corrected chi connectivity index (χ1v) is 9.25. The Bertz CT molecular complexity index is 540. The van der Waals surface area contributed by atoms with Crippen LogP contribution < -0.4 is 5.32 Å². The van der Waals surface area contributed by atoms with Crippen molar-refractivity contribution in [3.8, 4) is 0 Å². The van der Waals surface area contributed by atoms with Crippen molar-refractivity contribution in [1.29, 1.82) is 0 Å². The number of rotatable bonds is 4. The number of nitrogens with zero attached hydrogens (tertiary/aromatic N) is 2. The average Bonchev–Trinajstić information content (AvgIpc) is 2.73. The summed E-state index contributed by atoms with van der Waals surface area (Å²) in [4.78, 5) is 12.5. The Labute approximate surface area is 140 Å². The molecule has 5 rings (SSSR count). The van der Waals surface area contributed by atoms with Gasteiger partial charge in [-0.05, 0) is 77.6 Å². The molecule has 4 fully saturated rings. The van der Waals surface area contributed by atoms with E-state index in [9.17, 15) is 4.79 Å². The Balaban J connectivity index is 1.38. The van der Waals surface area contributed by atoms with E-state index < -0.39 is 0 Å². The number of amides is 1. The van der Waals surface area contributed by atoms with Gasteiger partial charge < -0.3 is 5.32 Å². The monoisotopic (exact) mass is 365 g/mol. The largest absolute Gasteiger partial charge is 0.350 e. The quantitative estimate of drug-likeness (QED) is 0.888. The summed E-state index contributed by atoms with van der Waals surface area (Å²) in [6.07, 6.45) is 10.7. The predicted octanol–water partition coefficient (Wildman–Crippen LogP) is 3.41. The fourth-order valence-corrected chi connectivity index (χ4v) is 6.22. The average molecular weight is 366 g/mol. The van der Waals surface area contributed by atoms with E-state index in [-0.39, 0.29) is 5.91 Å². The third kappa shape index (κ3) is 2.61. The zero-order valence-corrected chi connectivity index (χ0v) is 14.7. The Morgan fingerprint density at radius 3 is 2.41 bits per heavy atom. The van der Waals surface area contributed by atoms with Gasteiger partial charge in [-0.1, -0.05) is 0 Å². The smallest absolute Gasteiger partial charge is 0.220 e. The van der Waals surface area contributed by atoms with Crippen molar-refractivity contribution in [1.82, 2.24) is 15.1 Å². The zero-order chi connectivity index (χ0) is 15.3. The maximum atomic E-state index is 12.5. The molecule has 4 nitrogen and oxygen atoms in total. The van der Waals surface area contributed by atoms with Crippen molar-refractivity contribution in [2.45, 2.75) is 51.5 Å². The first-order valence-electron chi connectivity index (χ1n) is 8.46. The summed E-state index contributed by atoms with van der Waals surface area (Å²) < 4.78 is 2.78. The van der Waals surface area contributed by atoms with Gasteiger partial charge in [0.25, 0.3) is 0 Å². The van der Waals surface area contributed by atoms with Gasteiger partial charge in [-0.25, -0.2) is 0 Å². The van der Waals surface area contributed by atoms with Gasteiger partial charge in [0.2, 0.25) is 5.91 Å². The van der Waals surface area contributed by atoms with Crippen LogP contribution in [0.5, 0.6) is 0 Å². The van der Waals surface area contributed by atoms with Gasteiger partial charge in [-0.2, -0.15) is 5.10 Å². The number of hydrogen-bond acceptors (Lipinski definition) is 2. The van der Waals surface area contributed by atoms with Gasteiger partial charge in [0, 0.05) is 13.5 Å². The maximum Gasteiger partial charge on any atom is 0.220 e. The molecule has 4 aliphatic rings. The number of hydrogen-bond donors (Lipinski definition) is 1. The number of carbonyl (C=O) groups is 1. The van der Waals surface area contributed by atoms with Crippen LogP contribution in [0.3, 0.4) is 0 Å². The molecule has 1 aromatic heterocycles. The second kappa shape index (κ2) is 5.36. The number of aromatic nitrogens is 2. The molecule has 4 aliphatic carbocycles. The molecular formula is C17H24BrN3O. The summed E-state index contributed by atoms with van der Waals surface area (Å²) in [5.41, 5.74) is 1.35. The third-order valence-electron chi connectivity index (χ3n) is 6.16. The van der Waals surface area contributed by atoms with E-state index in [0.717, 1.165) is 34.3 Å². The summed E-state index contributed by atoms with van der Waals surface area (Å²) in [7, 11) is 1.91. The molecule has 4 saturated carbocycles. The molecule has 1 N–H and O–H groups in total. The molecular weight excluding hydrogens is 342 g/mol. The third-order valence-corrected chi connectivity index (χ3v) is 6.83. The lowest BCUT2D eigenvalue weighted by atomic mass is 9.49. The molecule has 0 saturated heterocycles. The Kier molecular flexibility index (Phi) is 3.59. The lowest BCUT2D eigenvalue weighted by Gasteiger charge is -2.56. The highest BCUT2D eigenvalue weighted by molar-refractivity contribution is 9.10. The van der Waals surface area contributed by atoms with Crippen molar-refractivity contribution in [3.63, 3.8) is 0 Å². The van der Waals surface area contributed by atoms with Crippen LogP contribution in [0.2, 0.25) is 0 Å². The van der Waals surface area contributed by atoms with Crippen molar-refractivity contribution in [3.05, 3.63) is 16.4 Å². The maximum absolute atomic E-state index is 12.5. The number of halogens is 1. The van der Waals surface area contributed by atoms with Crippen LogP contribution in [-0.4, -0.2) is 15.7 Å². The van der Waals surface area contributed by atoms with E-state index in [1.807, 2.05) is 11.7 Å². The van der Waals surface area contributed by atoms with Crippen molar-refractivity contribution >= 4 is 21.8 Å². The van der Waals surface area contributed by atoms with E-state index in [4.69, 9.17) is 0 Å². The van der Waals surface area contributed by atoms with Gasteiger partial charge in [-0.3, -0.25) is 9.48 Å². The summed E-state index contributed by atoms with van der Waals surface area (Å²) >= 11 is 3.49. The van der Waals surface area contributed by atoms with Crippen LogP contribution in [0, 0.1) is 23.2 Å². The summed E-state index contributed by atoms with van der Waals surface area (Å²) in [6, 6.07) is 0. The molecule has 0 aliphatic heterocycles. The standard InChI is InChI=1S/C17H24BrN3O/c1-21-15(14(18)9-20-21)10-19-16(22)8-17-5-11-2-12(6-17)4-13(3-11)7-17/h9,11-13H,2-8,10H2,1H3,(H,19,22). The molecule has 1 aromatic rings. The minimum atomic E-state index is 0.218.